The third kappa shape index (κ3) is 4.53. The minimum Gasteiger partial charge on any atom is -0.508 e. The molecule has 0 atom stereocenters. The number of fused-ring (bicyclic) bond motifs is 1. The molecule has 162 valence electrons. The zero-order valence-corrected chi connectivity index (χ0v) is 18.9. The molecular weight excluding hydrogens is 420 g/mol. The topological polar surface area (TPSA) is 66.8 Å². The van der Waals surface area contributed by atoms with E-state index in [-0.39, 0.29) is 11.2 Å². The van der Waals surface area contributed by atoms with Gasteiger partial charge in [0, 0.05) is 16.2 Å². The van der Waals surface area contributed by atoms with Crippen molar-refractivity contribution in [1.82, 2.24) is 0 Å². The van der Waals surface area contributed by atoms with E-state index in [0.29, 0.717) is 5.75 Å². The number of rotatable bonds is 5. The van der Waals surface area contributed by atoms with Gasteiger partial charge in [0.05, 0.1) is 4.88 Å². The zero-order valence-electron chi connectivity index (χ0n) is 18.1. The first-order valence-corrected chi connectivity index (χ1v) is 11.1. The monoisotopic (exact) mass is 444 g/mol. The molecule has 4 aromatic rings. The maximum atomic E-state index is 10.7. The third-order valence-electron chi connectivity index (χ3n) is 5.13. The summed E-state index contributed by atoms with van der Waals surface area (Å²) in [5, 5.41) is 19.8. The quantitative estimate of drug-likeness (QED) is 0.314. The Morgan fingerprint density at radius 1 is 1.00 bits per heavy atom. The van der Waals surface area contributed by atoms with Crippen LogP contribution in [0.15, 0.2) is 72.8 Å². The molecule has 0 spiro atoms. The Morgan fingerprint density at radius 2 is 1.72 bits per heavy atom. The van der Waals surface area contributed by atoms with Gasteiger partial charge in [-0.3, -0.25) is 0 Å². The fourth-order valence-corrected chi connectivity index (χ4v) is 4.81. The molecule has 5 heteroatoms. The molecule has 0 bridgehead atoms. The Bertz CT molecular complexity index is 1310. The molecule has 0 fully saturated rings. The minimum absolute atomic E-state index is 0.0513. The van der Waals surface area contributed by atoms with Crippen LogP contribution in [-0.2, 0) is 10.2 Å². The summed E-state index contributed by atoms with van der Waals surface area (Å²) in [5.41, 5.74) is 3.05. The third-order valence-corrected chi connectivity index (χ3v) is 6.29. The van der Waals surface area contributed by atoms with E-state index < -0.39 is 5.97 Å². The molecule has 4 nitrogen and oxygen atoms in total. The summed E-state index contributed by atoms with van der Waals surface area (Å²) in [6.45, 7) is 6.57. The summed E-state index contributed by atoms with van der Waals surface area (Å²) in [4.78, 5) is 11.7. The number of hydrogen-bond acceptors (Lipinski definition) is 4. The number of phenolic OH excluding ortho intramolecular Hbond substituents is 1. The van der Waals surface area contributed by atoms with Crippen LogP contribution in [0.2, 0.25) is 0 Å². The second-order valence-corrected chi connectivity index (χ2v) is 9.63. The molecule has 1 aromatic heterocycles. The first-order valence-electron chi connectivity index (χ1n) is 10.3. The van der Waals surface area contributed by atoms with Crippen molar-refractivity contribution in [3.05, 3.63) is 83.9 Å². The van der Waals surface area contributed by atoms with Crippen molar-refractivity contribution in [1.29, 1.82) is 0 Å². The van der Waals surface area contributed by atoms with Crippen molar-refractivity contribution in [2.24, 2.45) is 0 Å². The highest BCUT2D eigenvalue weighted by Crippen LogP contribution is 2.49. The molecule has 0 aliphatic carbocycles. The van der Waals surface area contributed by atoms with Gasteiger partial charge in [0.15, 0.2) is 5.75 Å². The Kier molecular flexibility index (Phi) is 5.76. The van der Waals surface area contributed by atoms with Crippen LogP contribution in [0, 0.1) is 0 Å². The molecule has 2 N–H and O–H groups in total. The predicted octanol–water partition coefficient (Wildman–Crippen LogP) is 7.46. The SMILES string of the molecule is CC(C)(C)c1ccccc1-c1sc2cc(O)ccc2c1Oc1ccc(C=CC(=O)O)cc1. The number of ether oxygens (including phenoxy) is 1. The fraction of sp³-hybridized carbons (Fsp3) is 0.148. The van der Waals surface area contributed by atoms with E-state index in [0.717, 1.165) is 37.9 Å². The lowest BCUT2D eigenvalue weighted by Gasteiger charge is -2.23. The summed E-state index contributed by atoms with van der Waals surface area (Å²) in [6.07, 6.45) is 2.65. The number of hydrogen-bond donors (Lipinski definition) is 2. The lowest BCUT2D eigenvalue weighted by atomic mass is 9.83. The number of benzene rings is 3. The Labute approximate surface area is 191 Å². The molecular formula is C27H24O4S. The normalized spacial score (nSPS) is 11.8. The van der Waals surface area contributed by atoms with E-state index in [1.807, 2.05) is 42.5 Å². The molecule has 0 aliphatic heterocycles. The van der Waals surface area contributed by atoms with Gasteiger partial charge in [0.25, 0.3) is 0 Å². The highest BCUT2D eigenvalue weighted by atomic mass is 32.1. The van der Waals surface area contributed by atoms with Gasteiger partial charge >= 0.3 is 5.97 Å². The molecule has 1 heterocycles. The van der Waals surface area contributed by atoms with Crippen molar-refractivity contribution in [3.63, 3.8) is 0 Å². The zero-order chi connectivity index (χ0) is 22.9. The second kappa shape index (κ2) is 8.52. The van der Waals surface area contributed by atoms with Crippen molar-refractivity contribution in [3.8, 4) is 27.7 Å². The summed E-state index contributed by atoms with van der Waals surface area (Å²) >= 11 is 1.59. The highest BCUT2D eigenvalue weighted by molar-refractivity contribution is 7.22. The first-order chi connectivity index (χ1) is 15.2. The average Bonchev–Trinajstić information content (AvgIpc) is 3.09. The van der Waals surface area contributed by atoms with E-state index in [9.17, 15) is 9.90 Å². The lowest BCUT2D eigenvalue weighted by molar-refractivity contribution is -0.131. The summed E-state index contributed by atoms with van der Waals surface area (Å²) in [5.74, 6) is 0.631. The number of aromatic hydroxyl groups is 1. The molecule has 4 rings (SSSR count). The van der Waals surface area contributed by atoms with Gasteiger partial charge in [-0.2, -0.15) is 0 Å². The van der Waals surface area contributed by atoms with E-state index in [2.05, 4.69) is 32.9 Å². The standard InChI is InChI=1S/C27H24O4S/c1-27(2,3)22-7-5-4-6-20(22)26-25(21-14-11-18(28)16-23(21)32-26)31-19-12-8-17(9-13-19)10-15-24(29)30/h4-16,28H,1-3H3,(H,29,30). The van der Waals surface area contributed by atoms with Gasteiger partial charge in [-0.15, -0.1) is 11.3 Å². The Balaban J connectivity index is 1.82. The second-order valence-electron chi connectivity index (χ2n) is 8.58. The molecule has 32 heavy (non-hydrogen) atoms. The van der Waals surface area contributed by atoms with Crippen LogP contribution in [-0.4, -0.2) is 16.2 Å². The van der Waals surface area contributed by atoms with Crippen molar-refractivity contribution >= 4 is 33.5 Å². The molecule has 0 amide bonds. The molecule has 3 aromatic carbocycles. The highest BCUT2D eigenvalue weighted by Gasteiger charge is 2.23. The van der Waals surface area contributed by atoms with Gasteiger partial charge in [-0.25, -0.2) is 4.79 Å². The molecule has 0 saturated carbocycles. The lowest BCUT2D eigenvalue weighted by Crippen LogP contribution is -2.12. The number of carboxylic acid groups (broad SMARTS) is 1. The van der Waals surface area contributed by atoms with Gasteiger partial charge in [0.1, 0.15) is 11.5 Å². The maximum Gasteiger partial charge on any atom is 0.328 e. The average molecular weight is 445 g/mol. The van der Waals surface area contributed by atoms with Crippen LogP contribution < -0.4 is 4.74 Å². The number of phenols is 1. The van der Waals surface area contributed by atoms with Crippen LogP contribution in [0.3, 0.4) is 0 Å². The maximum absolute atomic E-state index is 10.7. The van der Waals surface area contributed by atoms with E-state index in [1.54, 1.807) is 29.5 Å². The van der Waals surface area contributed by atoms with Crippen LogP contribution >= 0.6 is 11.3 Å². The van der Waals surface area contributed by atoms with Crippen LogP contribution in [0.4, 0.5) is 0 Å². The van der Waals surface area contributed by atoms with Crippen LogP contribution in [0.5, 0.6) is 17.2 Å². The van der Waals surface area contributed by atoms with Crippen LogP contribution in [0.1, 0.15) is 31.9 Å². The molecule has 0 unspecified atom stereocenters. The first kappa shape index (κ1) is 21.7. The number of aliphatic carboxylic acids is 1. The van der Waals surface area contributed by atoms with Crippen molar-refractivity contribution in [2.45, 2.75) is 26.2 Å². The molecule has 0 saturated heterocycles. The minimum atomic E-state index is -0.986. The van der Waals surface area contributed by atoms with E-state index in [1.165, 1.54) is 5.56 Å². The smallest absolute Gasteiger partial charge is 0.328 e. The van der Waals surface area contributed by atoms with Gasteiger partial charge in [0.2, 0.25) is 0 Å². The Hall–Kier alpha value is -3.57. The van der Waals surface area contributed by atoms with Crippen LogP contribution in [0.25, 0.3) is 26.6 Å². The van der Waals surface area contributed by atoms with Gasteiger partial charge in [-0.1, -0.05) is 57.2 Å². The number of thiophene rings is 1. The van der Waals surface area contributed by atoms with Crippen molar-refractivity contribution < 1.29 is 19.7 Å². The largest absolute Gasteiger partial charge is 0.508 e. The predicted molar refractivity (Wildman–Crippen MR) is 131 cm³/mol. The Morgan fingerprint density at radius 3 is 2.41 bits per heavy atom. The van der Waals surface area contributed by atoms with E-state index >= 15 is 0 Å². The fourth-order valence-electron chi connectivity index (χ4n) is 3.61. The number of carboxylic acids is 1. The van der Waals surface area contributed by atoms with Crippen molar-refractivity contribution in [2.75, 3.05) is 0 Å². The summed E-state index contributed by atoms with van der Waals surface area (Å²) in [6, 6.07) is 20.9. The molecule has 0 radical (unpaired) electrons. The van der Waals surface area contributed by atoms with Gasteiger partial charge in [-0.05, 0) is 58.5 Å². The summed E-state index contributed by atoms with van der Waals surface area (Å²) < 4.78 is 7.34. The van der Waals surface area contributed by atoms with Gasteiger partial charge < -0.3 is 14.9 Å². The van der Waals surface area contributed by atoms with E-state index in [4.69, 9.17) is 9.84 Å². The summed E-state index contributed by atoms with van der Waals surface area (Å²) in [7, 11) is 0. The molecule has 0 aliphatic rings. The number of carbonyl (C=O) groups is 1.